The highest BCUT2D eigenvalue weighted by atomic mass is 35.5. The van der Waals surface area contributed by atoms with Crippen LogP contribution in [0.25, 0.3) is 0 Å². The molecule has 0 radical (unpaired) electrons. The second-order valence-corrected chi connectivity index (χ2v) is 5.28. The zero-order valence-corrected chi connectivity index (χ0v) is 13.6. The average Bonchev–Trinajstić information content (AvgIpc) is 2.96. The van der Waals surface area contributed by atoms with Gasteiger partial charge in [-0.1, -0.05) is 17.3 Å². The Morgan fingerprint density at radius 3 is 3.09 bits per heavy atom. The van der Waals surface area contributed by atoms with Gasteiger partial charge in [-0.05, 0) is 24.7 Å². The summed E-state index contributed by atoms with van der Waals surface area (Å²) in [5, 5.41) is 7.49. The molecule has 0 spiro atoms. The molecule has 0 saturated carbocycles. The molecule has 6 nitrogen and oxygen atoms in total. The Morgan fingerprint density at radius 2 is 2.32 bits per heavy atom. The van der Waals surface area contributed by atoms with Gasteiger partial charge in [0, 0.05) is 19.6 Å². The molecule has 2 aromatic rings. The molecule has 22 heavy (non-hydrogen) atoms. The van der Waals surface area contributed by atoms with Gasteiger partial charge in [0.25, 0.3) is 0 Å². The van der Waals surface area contributed by atoms with Crippen molar-refractivity contribution in [3.63, 3.8) is 0 Å². The summed E-state index contributed by atoms with van der Waals surface area (Å²) in [5.74, 6) is 2.23. The highest BCUT2D eigenvalue weighted by molar-refractivity contribution is 5.85. The number of likely N-dealkylation sites (N-methyl/N-ethyl adjacent to an activating group) is 1. The molecule has 0 aliphatic carbocycles. The highest BCUT2D eigenvalue weighted by Crippen LogP contribution is 2.19. The zero-order valence-electron chi connectivity index (χ0n) is 12.8. The summed E-state index contributed by atoms with van der Waals surface area (Å²) in [7, 11) is 3.75. The van der Waals surface area contributed by atoms with Crippen LogP contribution in [-0.2, 0) is 6.42 Å². The summed E-state index contributed by atoms with van der Waals surface area (Å²) in [6.07, 6.45) is 0.619. The lowest BCUT2D eigenvalue weighted by atomic mass is 10.1. The molecule has 1 aromatic heterocycles. The van der Waals surface area contributed by atoms with Crippen LogP contribution < -0.4 is 10.1 Å². The first kappa shape index (κ1) is 16.7. The van der Waals surface area contributed by atoms with Crippen molar-refractivity contribution >= 4 is 12.4 Å². The topological polar surface area (TPSA) is 63.4 Å². The molecule has 1 aliphatic heterocycles. The molecule has 1 atom stereocenters. The van der Waals surface area contributed by atoms with E-state index in [1.54, 1.807) is 7.11 Å². The van der Waals surface area contributed by atoms with Crippen LogP contribution in [-0.4, -0.2) is 48.8 Å². The molecule has 1 N–H and O–H groups in total. The van der Waals surface area contributed by atoms with Gasteiger partial charge in [-0.15, -0.1) is 12.4 Å². The third kappa shape index (κ3) is 3.76. The standard InChI is InChI=1S/C15H20N4O2.ClH/c1-19-7-6-16-10-13(19)15-17-14(21-18-15)9-11-4-3-5-12(8-11)20-2;/h3-5,8,13,16H,6-7,9-10H2,1-2H3;1H. The number of rotatable bonds is 4. The Morgan fingerprint density at radius 1 is 1.45 bits per heavy atom. The summed E-state index contributed by atoms with van der Waals surface area (Å²) in [6, 6.07) is 8.08. The summed E-state index contributed by atoms with van der Waals surface area (Å²) in [5.41, 5.74) is 1.10. The number of nitrogens with zero attached hydrogens (tertiary/aromatic N) is 3. The predicted octanol–water partition coefficient (Wildman–Crippen LogP) is 1.67. The highest BCUT2D eigenvalue weighted by Gasteiger charge is 2.25. The van der Waals surface area contributed by atoms with Crippen LogP contribution >= 0.6 is 12.4 Å². The van der Waals surface area contributed by atoms with Crippen molar-refractivity contribution in [1.29, 1.82) is 0 Å². The van der Waals surface area contributed by atoms with E-state index in [0.29, 0.717) is 12.3 Å². The monoisotopic (exact) mass is 324 g/mol. The average molecular weight is 325 g/mol. The van der Waals surface area contributed by atoms with E-state index in [9.17, 15) is 0 Å². The van der Waals surface area contributed by atoms with Gasteiger partial charge in [0.2, 0.25) is 5.89 Å². The molecule has 0 bridgehead atoms. The van der Waals surface area contributed by atoms with Gasteiger partial charge in [-0.3, -0.25) is 4.90 Å². The molecule has 1 aliphatic rings. The van der Waals surface area contributed by atoms with E-state index in [1.807, 2.05) is 24.3 Å². The molecule has 3 rings (SSSR count). The number of benzene rings is 1. The fourth-order valence-electron chi connectivity index (χ4n) is 2.53. The third-order valence-corrected chi connectivity index (χ3v) is 3.78. The van der Waals surface area contributed by atoms with E-state index in [0.717, 1.165) is 36.8 Å². The summed E-state index contributed by atoms with van der Waals surface area (Å²) in [4.78, 5) is 6.78. The molecule has 1 aromatic carbocycles. The fraction of sp³-hybridized carbons (Fsp3) is 0.467. The van der Waals surface area contributed by atoms with Gasteiger partial charge in [-0.2, -0.15) is 4.98 Å². The van der Waals surface area contributed by atoms with Crippen molar-refractivity contribution in [2.24, 2.45) is 0 Å². The molecular formula is C15H21ClN4O2. The normalized spacial score (nSPS) is 18.7. The molecule has 0 amide bonds. The van der Waals surface area contributed by atoms with Crippen molar-refractivity contribution in [2.75, 3.05) is 33.8 Å². The molecule has 2 heterocycles. The van der Waals surface area contributed by atoms with Crippen LogP contribution in [0.3, 0.4) is 0 Å². The molecule has 1 saturated heterocycles. The molecule has 120 valence electrons. The quantitative estimate of drug-likeness (QED) is 0.923. The van der Waals surface area contributed by atoms with Crippen molar-refractivity contribution in [2.45, 2.75) is 12.5 Å². The van der Waals surface area contributed by atoms with Gasteiger partial charge in [0.05, 0.1) is 19.6 Å². The maximum Gasteiger partial charge on any atom is 0.231 e. The van der Waals surface area contributed by atoms with E-state index in [4.69, 9.17) is 9.26 Å². The van der Waals surface area contributed by atoms with E-state index in [2.05, 4.69) is 27.4 Å². The Labute approximate surface area is 136 Å². The predicted molar refractivity (Wildman–Crippen MR) is 85.6 cm³/mol. The van der Waals surface area contributed by atoms with E-state index in [-0.39, 0.29) is 18.4 Å². The minimum atomic E-state index is 0. The van der Waals surface area contributed by atoms with E-state index < -0.39 is 0 Å². The number of aromatic nitrogens is 2. The largest absolute Gasteiger partial charge is 0.497 e. The molecule has 7 heteroatoms. The van der Waals surface area contributed by atoms with Crippen LogP contribution in [0.15, 0.2) is 28.8 Å². The van der Waals surface area contributed by atoms with Crippen LogP contribution in [0.1, 0.15) is 23.3 Å². The first-order valence-electron chi connectivity index (χ1n) is 7.12. The summed E-state index contributed by atoms with van der Waals surface area (Å²) in [6.45, 7) is 2.85. The molecule has 1 unspecified atom stereocenters. The van der Waals surface area contributed by atoms with Gasteiger partial charge in [0.15, 0.2) is 5.82 Å². The lowest BCUT2D eigenvalue weighted by Crippen LogP contribution is -2.44. The first-order chi connectivity index (χ1) is 10.3. The van der Waals surface area contributed by atoms with E-state index in [1.165, 1.54) is 0 Å². The molecule has 1 fully saturated rings. The van der Waals surface area contributed by atoms with Gasteiger partial charge < -0.3 is 14.6 Å². The number of halogens is 1. The minimum Gasteiger partial charge on any atom is -0.497 e. The van der Waals surface area contributed by atoms with Crippen LogP contribution in [0.5, 0.6) is 5.75 Å². The lowest BCUT2D eigenvalue weighted by molar-refractivity contribution is 0.190. The summed E-state index contributed by atoms with van der Waals surface area (Å²) < 4.78 is 10.6. The number of hydrogen-bond acceptors (Lipinski definition) is 6. The fourth-order valence-corrected chi connectivity index (χ4v) is 2.53. The van der Waals surface area contributed by atoms with Crippen LogP contribution in [0, 0.1) is 0 Å². The van der Waals surface area contributed by atoms with Gasteiger partial charge >= 0.3 is 0 Å². The van der Waals surface area contributed by atoms with Crippen molar-refractivity contribution in [3.8, 4) is 5.75 Å². The van der Waals surface area contributed by atoms with E-state index >= 15 is 0 Å². The SMILES string of the molecule is COc1cccc(Cc2nc(C3CNCCN3C)no2)c1.Cl. The number of piperazine rings is 1. The Kier molecular flexibility index (Phi) is 5.76. The maximum atomic E-state index is 5.39. The van der Waals surface area contributed by atoms with Crippen molar-refractivity contribution < 1.29 is 9.26 Å². The lowest BCUT2D eigenvalue weighted by Gasteiger charge is -2.30. The minimum absolute atomic E-state index is 0. The third-order valence-electron chi connectivity index (χ3n) is 3.78. The smallest absolute Gasteiger partial charge is 0.231 e. The number of ether oxygens (including phenoxy) is 1. The van der Waals surface area contributed by atoms with Crippen LogP contribution in [0.4, 0.5) is 0 Å². The molecular weight excluding hydrogens is 304 g/mol. The Balaban J connectivity index is 0.00000176. The van der Waals surface area contributed by atoms with Crippen LogP contribution in [0.2, 0.25) is 0 Å². The van der Waals surface area contributed by atoms with Crippen molar-refractivity contribution in [1.82, 2.24) is 20.4 Å². The van der Waals surface area contributed by atoms with Gasteiger partial charge in [-0.25, -0.2) is 0 Å². The first-order valence-corrected chi connectivity index (χ1v) is 7.12. The maximum absolute atomic E-state index is 5.39. The number of nitrogens with one attached hydrogen (secondary N) is 1. The summed E-state index contributed by atoms with van der Waals surface area (Å²) >= 11 is 0. The number of methoxy groups -OCH3 is 1. The Hall–Kier alpha value is -1.63. The van der Waals surface area contributed by atoms with Gasteiger partial charge in [0.1, 0.15) is 5.75 Å². The second-order valence-electron chi connectivity index (χ2n) is 5.28. The zero-order chi connectivity index (χ0) is 14.7. The number of hydrogen-bond donors (Lipinski definition) is 1. The second kappa shape index (κ2) is 7.58. The van der Waals surface area contributed by atoms with Crippen molar-refractivity contribution in [3.05, 3.63) is 41.5 Å². The Bertz CT molecular complexity index is 605.